The molecule has 0 unspecified atom stereocenters. The summed E-state index contributed by atoms with van der Waals surface area (Å²) < 4.78 is 40.5. The second-order valence-corrected chi connectivity index (χ2v) is 5.83. The van der Waals surface area contributed by atoms with Crippen LogP contribution in [-0.4, -0.2) is 24.5 Å². The van der Waals surface area contributed by atoms with Gasteiger partial charge in [0.15, 0.2) is 17.0 Å². The first-order valence-corrected chi connectivity index (χ1v) is 7.68. The van der Waals surface area contributed by atoms with Crippen LogP contribution in [0.4, 0.5) is 13.2 Å². The number of imidazole rings is 1. The molecular formula is C13H9ClF3N5S. The lowest BCUT2D eigenvalue weighted by Crippen LogP contribution is -2.09. The molecule has 23 heavy (non-hydrogen) atoms. The van der Waals surface area contributed by atoms with Crippen LogP contribution in [0.5, 0.6) is 0 Å². The second-order valence-electron chi connectivity index (χ2n) is 4.43. The van der Waals surface area contributed by atoms with E-state index in [0.717, 1.165) is 18.0 Å². The summed E-state index contributed by atoms with van der Waals surface area (Å²) in [6.07, 6.45) is -2.04. The van der Waals surface area contributed by atoms with Gasteiger partial charge in [-0.3, -0.25) is 9.55 Å². The Kier molecular flexibility index (Phi) is 4.15. The highest BCUT2D eigenvalue weighted by molar-refractivity contribution is 7.99. The molecule has 0 fully saturated rings. The highest BCUT2D eigenvalue weighted by Gasteiger charge is 2.35. The van der Waals surface area contributed by atoms with Crippen molar-refractivity contribution in [2.24, 2.45) is 0 Å². The van der Waals surface area contributed by atoms with E-state index in [4.69, 9.17) is 11.6 Å². The number of halogens is 4. The van der Waals surface area contributed by atoms with E-state index in [9.17, 15) is 13.2 Å². The Labute approximate surface area is 137 Å². The fraction of sp³-hybridized carbons (Fsp3) is 0.231. The molecule has 0 aromatic carbocycles. The summed E-state index contributed by atoms with van der Waals surface area (Å²) in [5.74, 6) is 0. The third kappa shape index (κ3) is 3.11. The molecule has 0 N–H and O–H groups in total. The maximum absolute atomic E-state index is 13.0. The third-order valence-electron chi connectivity index (χ3n) is 2.96. The van der Waals surface area contributed by atoms with Gasteiger partial charge in [0.1, 0.15) is 5.03 Å². The predicted molar refractivity (Wildman–Crippen MR) is 79.4 cm³/mol. The highest BCUT2D eigenvalue weighted by Crippen LogP contribution is 2.37. The van der Waals surface area contributed by atoms with E-state index in [0.29, 0.717) is 17.8 Å². The molecule has 0 aliphatic carbocycles. The summed E-state index contributed by atoms with van der Waals surface area (Å²) in [7, 11) is 0. The molecule has 120 valence electrons. The molecule has 0 spiro atoms. The Morgan fingerprint density at radius 2 is 2.04 bits per heavy atom. The molecule has 0 bridgehead atoms. The van der Waals surface area contributed by atoms with E-state index < -0.39 is 11.9 Å². The molecule has 0 atom stereocenters. The van der Waals surface area contributed by atoms with Crippen LogP contribution >= 0.6 is 23.4 Å². The van der Waals surface area contributed by atoms with Crippen molar-refractivity contribution in [1.82, 2.24) is 24.5 Å². The SMILES string of the molecule is CCn1c(Cl)nc2nc(Sc3cccnc3C(F)(F)F)cnc21. The normalized spacial score (nSPS) is 12.0. The van der Waals surface area contributed by atoms with Crippen molar-refractivity contribution in [2.75, 3.05) is 0 Å². The molecule has 3 aromatic rings. The number of aromatic nitrogens is 5. The van der Waals surface area contributed by atoms with Gasteiger partial charge < -0.3 is 0 Å². The van der Waals surface area contributed by atoms with Crippen molar-refractivity contribution < 1.29 is 13.2 Å². The minimum atomic E-state index is -4.53. The number of alkyl halides is 3. The zero-order valence-corrected chi connectivity index (χ0v) is 13.2. The van der Waals surface area contributed by atoms with E-state index in [1.54, 1.807) is 4.57 Å². The van der Waals surface area contributed by atoms with Crippen molar-refractivity contribution in [3.8, 4) is 0 Å². The number of hydrogen-bond donors (Lipinski definition) is 0. The zero-order chi connectivity index (χ0) is 16.6. The predicted octanol–water partition coefficient (Wildman–Crippen LogP) is 4.06. The summed E-state index contributed by atoms with van der Waals surface area (Å²) in [6, 6.07) is 2.77. The van der Waals surface area contributed by atoms with Gasteiger partial charge >= 0.3 is 6.18 Å². The quantitative estimate of drug-likeness (QED) is 0.705. The van der Waals surface area contributed by atoms with Crippen LogP contribution in [0, 0.1) is 0 Å². The molecule has 5 nitrogen and oxygen atoms in total. The topological polar surface area (TPSA) is 56.5 Å². The minimum absolute atomic E-state index is 0.0466. The van der Waals surface area contributed by atoms with E-state index >= 15 is 0 Å². The highest BCUT2D eigenvalue weighted by atomic mass is 35.5. The van der Waals surface area contributed by atoms with Crippen molar-refractivity contribution in [3.63, 3.8) is 0 Å². The fourth-order valence-electron chi connectivity index (χ4n) is 1.99. The largest absolute Gasteiger partial charge is 0.434 e. The summed E-state index contributed by atoms with van der Waals surface area (Å²) in [5.41, 5.74) is -0.174. The number of pyridine rings is 1. The average Bonchev–Trinajstić information content (AvgIpc) is 2.81. The van der Waals surface area contributed by atoms with Crippen LogP contribution in [-0.2, 0) is 12.7 Å². The van der Waals surface area contributed by atoms with Crippen molar-refractivity contribution in [1.29, 1.82) is 0 Å². The molecule has 3 rings (SSSR count). The maximum Gasteiger partial charge on any atom is 0.434 e. The van der Waals surface area contributed by atoms with Crippen LogP contribution in [0.2, 0.25) is 5.28 Å². The van der Waals surface area contributed by atoms with Gasteiger partial charge in [-0.05, 0) is 30.7 Å². The van der Waals surface area contributed by atoms with Gasteiger partial charge in [0.2, 0.25) is 5.28 Å². The number of rotatable bonds is 3. The number of hydrogen-bond acceptors (Lipinski definition) is 5. The molecule has 0 saturated heterocycles. The van der Waals surface area contributed by atoms with Crippen LogP contribution in [0.3, 0.4) is 0 Å². The average molecular weight is 360 g/mol. The van der Waals surface area contributed by atoms with Crippen LogP contribution in [0.25, 0.3) is 11.3 Å². The van der Waals surface area contributed by atoms with Gasteiger partial charge in [-0.25, -0.2) is 9.97 Å². The Morgan fingerprint density at radius 1 is 1.26 bits per heavy atom. The first-order valence-electron chi connectivity index (χ1n) is 6.49. The number of nitrogens with zero attached hydrogens (tertiary/aromatic N) is 5. The lowest BCUT2D eigenvalue weighted by molar-refractivity contribution is -0.143. The molecule has 3 aromatic heterocycles. The van der Waals surface area contributed by atoms with Gasteiger partial charge in [0, 0.05) is 17.6 Å². The number of fused-ring (bicyclic) bond motifs is 1. The zero-order valence-electron chi connectivity index (χ0n) is 11.7. The van der Waals surface area contributed by atoms with Crippen LogP contribution < -0.4 is 0 Å². The van der Waals surface area contributed by atoms with Gasteiger partial charge in [-0.2, -0.15) is 18.2 Å². The van der Waals surface area contributed by atoms with E-state index in [2.05, 4.69) is 19.9 Å². The van der Waals surface area contributed by atoms with Gasteiger partial charge in [0.25, 0.3) is 0 Å². The molecule has 0 saturated carbocycles. The van der Waals surface area contributed by atoms with Crippen LogP contribution in [0.15, 0.2) is 34.4 Å². The monoisotopic (exact) mass is 359 g/mol. The van der Waals surface area contributed by atoms with Crippen molar-refractivity contribution >= 4 is 34.7 Å². The Balaban J connectivity index is 2.00. The smallest absolute Gasteiger partial charge is 0.298 e. The van der Waals surface area contributed by atoms with Gasteiger partial charge in [-0.15, -0.1) is 0 Å². The summed E-state index contributed by atoms with van der Waals surface area (Å²) in [4.78, 5) is 15.8. The number of aryl methyl sites for hydroxylation is 1. The van der Waals surface area contributed by atoms with Crippen molar-refractivity contribution in [3.05, 3.63) is 35.5 Å². The van der Waals surface area contributed by atoms with Gasteiger partial charge in [0.05, 0.1) is 6.20 Å². The molecule has 0 aliphatic heterocycles. The Bertz CT molecular complexity index is 864. The molecule has 0 radical (unpaired) electrons. The van der Waals surface area contributed by atoms with Crippen molar-refractivity contribution in [2.45, 2.75) is 29.6 Å². The molecule has 3 heterocycles. The standard InChI is InChI=1S/C13H9ClF3N5S/c1-2-22-11-10(21-12(22)14)20-8(6-19-11)23-7-4-3-5-18-9(7)13(15,16)17/h3-6H,2H2,1H3. The molecular weight excluding hydrogens is 351 g/mol. The summed E-state index contributed by atoms with van der Waals surface area (Å²) in [5, 5.41) is 0.524. The Morgan fingerprint density at radius 3 is 2.74 bits per heavy atom. The summed E-state index contributed by atoms with van der Waals surface area (Å²) >= 11 is 6.80. The lowest BCUT2D eigenvalue weighted by atomic mass is 10.3. The van der Waals surface area contributed by atoms with Gasteiger partial charge in [-0.1, -0.05) is 11.8 Å². The summed E-state index contributed by atoms with van der Waals surface area (Å²) in [6.45, 7) is 2.44. The fourth-order valence-corrected chi connectivity index (χ4v) is 3.14. The first-order chi connectivity index (χ1) is 10.9. The third-order valence-corrected chi connectivity index (χ3v) is 4.20. The van der Waals surface area contributed by atoms with E-state index in [-0.39, 0.29) is 15.2 Å². The minimum Gasteiger partial charge on any atom is -0.298 e. The van der Waals surface area contributed by atoms with E-state index in [1.165, 1.54) is 18.3 Å². The molecule has 0 aliphatic rings. The van der Waals surface area contributed by atoms with E-state index in [1.807, 2.05) is 6.92 Å². The first kappa shape index (κ1) is 16.0. The Hall–Kier alpha value is -1.87. The maximum atomic E-state index is 13.0. The molecule has 10 heteroatoms. The molecule has 0 amide bonds. The second kappa shape index (κ2) is 5.97. The van der Waals surface area contributed by atoms with Crippen LogP contribution in [0.1, 0.15) is 12.6 Å². The lowest BCUT2D eigenvalue weighted by Gasteiger charge is -2.10.